The molecule has 0 spiro atoms. The van der Waals surface area contributed by atoms with Crippen LogP contribution >= 0.6 is 11.6 Å². The zero-order valence-corrected chi connectivity index (χ0v) is 12.9. The first-order valence-electron chi connectivity index (χ1n) is 8.43. The highest BCUT2D eigenvalue weighted by Crippen LogP contribution is 2.41. The number of alkyl halides is 1. The van der Waals surface area contributed by atoms with Crippen LogP contribution in [0.25, 0.3) is 0 Å². The maximum Gasteiger partial charge on any atom is 0.0336 e. The lowest BCUT2D eigenvalue weighted by molar-refractivity contribution is 0.163. The number of unbranched alkanes of at least 4 members (excludes halogenated alkanes) is 2. The second-order valence-electron chi connectivity index (χ2n) is 6.79. The predicted molar refractivity (Wildman–Crippen MR) is 81.2 cm³/mol. The van der Waals surface area contributed by atoms with E-state index in [-0.39, 0.29) is 0 Å². The molecule has 0 atom stereocenters. The molecular formula is C17H31Cl. The first-order valence-corrected chi connectivity index (χ1v) is 8.87. The summed E-state index contributed by atoms with van der Waals surface area (Å²) >= 11 is 6.21. The molecule has 0 amide bonds. The smallest absolute Gasteiger partial charge is 0.0336 e. The van der Waals surface area contributed by atoms with E-state index >= 15 is 0 Å². The molecule has 2 saturated carbocycles. The van der Waals surface area contributed by atoms with Crippen LogP contribution in [0.4, 0.5) is 0 Å². The lowest BCUT2D eigenvalue weighted by Gasteiger charge is -2.36. The van der Waals surface area contributed by atoms with Crippen LogP contribution in [0.1, 0.15) is 84.0 Å². The van der Waals surface area contributed by atoms with Crippen LogP contribution in [0.5, 0.6) is 0 Å². The van der Waals surface area contributed by atoms with Crippen molar-refractivity contribution in [2.45, 2.75) is 89.4 Å². The van der Waals surface area contributed by atoms with Gasteiger partial charge in [0.1, 0.15) is 0 Å². The van der Waals surface area contributed by atoms with Gasteiger partial charge in [-0.2, -0.15) is 0 Å². The average molecular weight is 271 g/mol. The van der Waals surface area contributed by atoms with E-state index < -0.39 is 0 Å². The highest BCUT2D eigenvalue weighted by atomic mass is 35.5. The Hall–Kier alpha value is 0.290. The van der Waals surface area contributed by atoms with Crippen molar-refractivity contribution in [1.29, 1.82) is 0 Å². The summed E-state index contributed by atoms with van der Waals surface area (Å²) in [4.78, 5) is 0. The summed E-state index contributed by atoms with van der Waals surface area (Å²) in [5.41, 5.74) is 0. The van der Waals surface area contributed by atoms with Crippen LogP contribution in [-0.4, -0.2) is 5.38 Å². The van der Waals surface area contributed by atoms with Crippen LogP contribution < -0.4 is 0 Å². The maximum atomic E-state index is 6.21. The van der Waals surface area contributed by atoms with Gasteiger partial charge in [-0.1, -0.05) is 45.4 Å². The van der Waals surface area contributed by atoms with Crippen LogP contribution in [0.2, 0.25) is 0 Å². The SMILES string of the molecule is CCCCCC1CCC(C2CCC(Cl)CC2)CC1. The minimum Gasteiger partial charge on any atom is -0.123 e. The summed E-state index contributed by atoms with van der Waals surface area (Å²) in [5, 5.41) is 0.492. The van der Waals surface area contributed by atoms with Crippen LogP contribution in [0.15, 0.2) is 0 Å². The van der Waals surface area contributed by atoms with Crippen LogP contribution in [0.3, 0.4) is 0 Å². The third kappa shape index (κ3) is 4.44. The molecule has 18 heavy (non-hydrogen) atoms. The van der Waals surface area contributed by atoms with Crippen molar-refractivity contribution in [3.8, 4) is 0 Å². The minimum atomic E-state index is 0.492. The quantitative estimate of drug-likeness (QED) is 0.414. The van der Waals surface area contributed by atoms with Crippen molar-refractivity contribution < 1.29 is 0 Å². The molecule has 0 aromatic rings. The van der Waals surface area contributed by atoms with Crippen molar-refractivity contribution in [3.63, 3.8) is 0 Å². The van der Waals surface area contributed by atoms with Gasteiger partial charge in [0, 0.05) is 5.38 Å². The number of hydrogen-bond donors (Lipinski definition) is 0. The molecule has 2 fully saturated rings. The maximum absolute atomic E-state index is 6.21. The Kier molecular flexibility index (Phi) is 6.35. The molecule has 0 heterocycles. The predicted octanol–water partition coefficient (Wildman–Crippen LogP) is 6.17. The molecule has 0 aromatic heterocycles. The van der Waals surface area contributed by atoms with E-state index in [1.807, 2.05) is 0 Å². The highest BCUT2D eigenvalue weighted by molar-refractivity contribution is 6.20. The molecule has 0 radical (unpaired) electrons. The van der Waals surface area contributed by atoms with Crippen molar-refractivity contribution in [3.05, 3.63) is 0 Å². The van der Waals surface area contributed by atoms with Gasteiger partial charge < -0.3 is 0 Å². The summed E-state index contributed by atoms with van der Waals surface area (Å²) in [6, 6.07) is 0. The van der Waals surface area contributed by atoms with Crippen molar-refractivity contribution in [2.24, 2.45) is 17.8 Å². The van der Waals surface area contributed by atoms with Crippen molar-refractivity contribution in [1.82, 2.24) is 0 Å². The molecule has 0 aliphatic heterocycles. The molecule has 0 bridgehead atoms. The van der Waals surface area contributed by atoms with Gasteiger partial charge in [0.25, 0.3) is 0 Å². The highest BCUT2D eigenvalue weighted by Gasteiger charge is 2.30. The zero-order valence-electron chi connectivity index (χ0n) is 12.2. The molecule has 2 aliphatic carbocycles. The molecule has 106 valence electrons. The van der Waals surface area contributed by atoms with Gasteiger partial charge in [-0.15, -0.1) is 11.6 Å². The Morgan fingerprint density at radius 2 is 1.33 bits per heavy atom. The number of rotatable bonds is 5. The summed E-state index contributed by atoms with van der Waals surface area (Å²) in [5.74, 6) is 3.14. The second kappa shape index (κ2) is 7.78. The Bertz CT molecular complexity index is 210. The molecule has 0 N–H and O–H groups in total. The van der Waals surface area contributed by atoms with E-state index in [1.54, 1.807) is 0 Å². The molecule has 2 rings (SSSR count). The second-order valence-corrected chi connectivity index (χ2v) is 7.41. The van der Waals surface area contributed by atoms with Crippen LogP contribution in [0, 0.1) is 17.8 Å². The Labute approximate surface area is 119 Å². The van der Waals surface area contributed by atoms with Gasteiger partial charge in [0.2, 0.25) is 0 Å². The van der Waals surface area contributed by atoms with Gasteiger partial charge in [0.15, 0.2) is 0 Å². The fraction of sp³-hybridized carbons (Fsp3) is 1.00. The minimum absolute atomic E-state index is 0.492. The fourth-order valence-corrected chi connectivity index (χ4v) is 4.43. The van der Waals surface area contributed by atoms with Gasteiger partial charge in [-0.3, -0.25) is 0 Å². The molecule has 0 nitrogen and oxygen atoms in total. The third-order valence-corrected chi connectivity index (χ3v) is 5.91. The summed E-state index contributed by atoms with van der Waals surface area (Å²) < 4.78 is 0. The number of hydrogen-bond acceptors (Lipinski definition) is 0. The molecule has 0 aromatic carbocycles. The zero-order chi connectivity index (χ0) is 12.8. The fourth-order valence-electron chi connectivity index (χ4n) is 4.18. The number of halogens is 1. The van der Waals surface area contributed by atoms with Gasteiger partial charge in [-0.05, 0) is 56.3 Å². The Morgan fingerprint density at radius 1 is 0.778 bits per heavy atom. The van der Waals surface area contributed by atoms with Crippen molar-refractivity contribution >= 4 is 11.6 Å². The Morgan fingerprint density at radius 3 is 1.89 bits per heavy atom. The van der Waals surface area contributed by atoms with Crippen LogP contribution in [-0.2, 0) is 0 Å². The van der Waals surface area contributed by atoms with E-state index in [0.29, 0.717) is 5.38 Å². The first kappa shape index (κ1) is 14.7. The largest absolute Gasteiger partial charge is 0.123 e. The summed E-state index contributed by atoms with van der Waals surface area (Å²) in [6.07, 6.45) is 17.3. The lowest BCUT2D eigenvalue weighted by atomic mass is 9.70. The summed E-state index contributed by atoms with van der Waals surface area (Å²) in [7, 11) is 0. The lowest BCUT2D eigenvalue weighted by Crippen LogP contribution is -2.26. The molecule has 0 unspecified atom stereocenters. The van der Waals surface area contributed by atoms with Crippen molar-refractivity contribution in [2.75, 3.05) is 0 Å². The van der Waals surface area contributed by atoms with E-state index in [1.165, 1.54) is 77.0 Å². The van der Waals surface area contributed by atoms with E-state index in [0.717, 1.165) is 17.8 Å². The standard InChI is InChI=1S/C17H31Cl/c1-2-3-4-5-14-6-8-15(9-7-14)16-10-12-17(18)13-11-16/h14-17H,2-13H2,1H3. The van der Waals surface area contributed by atoms with Gasteiger partial charge in [-0.25, -0.2) is 0 Å². The summed E-state index contributed by atoms with van der Waals surface area (Å²) in [6.45, 7) is 2.31. The Balaban J connectivity index is 1.63. The molecule has 2 aliphatic rings. The van der Waals surface area contributed by atoms with E-state index in [2.05, 4.69) is 6.92 Å². The van der Waals surface area contributed by atoms with E-state index in [9.17, 15) is 0 Å². The molecule has 0 saturated heterocycles. The first-order chi connectivity index (χ1) is 8.79. The molecule has 1 heteroatoms. The topological polar surface area (TPSA) is 0 Å². The van der Waals surface area contributed by atoms with Gasteiger partial charge >= 0.3 is 0 Å². The average Bonchev–Trinajstić information content (AvgIpc) is 2.41. The normalized spacial score (nSPS) is 37.7. The van der Waals surface area contributed by atoms with E-state index in [4.69, 9.17) is 11.6 Å². The van der Waals surface area contributed by atoms with Gasteiger partial charge in [0.05, 0.1) is 0 Å². The molecular weight excluding hydrogens is 240 g/mol. The third-order valence-electron chi connectivity index (χ3n) is 5.48. The monoisotopic (exact) mass is 270 g/mol.